The van der Waals surface area contributed by atoms with Crippen LogP contribution in [0.2, 0.25) is 5.02 Å². The topological polar surface area (TPSA) is 138 Å². The van der Waals surface area contributed by atoms with E-state index in [9.17, 15) is 4.79 Å². The summed E-state index contributed by atoms with van der Waals surface area (Å²) in [7, 11) is 0. The maximum Gasteiger partial charge on any atom is 0.263 e. The molecule has 5 rings (SSSR count). The molecule has 158 valence electrons. The number of nitrogens with zero attached hydrogens (tertiary/aromatic N) is 6. The number of nitrogens with one attached hydrogen (secondary N) is 1. The Morgan fingerprint density at radius 2 is 2.19 bits per heavy atom. The molecule has 4 aromatic rings. The third-order valence-electron chi connectivity index (χ3n) is 5.30. The number of nitrogen functional groups attached to an aromatic ring is 1. The fourth-order valence-corrected chi connectivity index (χ4v) is 3.92. The minimum Gasteiger partial charge on any atom is -0.423 e. The highest BCUT2D eigenvalue weighted by molar-refractivity contribution is 6.35. The van der Waals surface area contributed by atoms with Crippen molar-refractivity contribution in [3.8, 4) is 11.5 Å². The van der Waals surface area contributed by atoms with Crippen molar-refractivity contribution in [2.24, 2.45) is 0 Å². The van der Waals surface area contributed by atoms with E-state index in [2.05, 4.69) is 25.5 Å². The summed E-state index contributed by atoms with van der Waals surface area (Å²) in [6.45, 7) is 2.00. The summed E-state index contributed by atoms with van der Waals surface area (Å²) in [5, 5.41) is 11.8. The van der Waals surface area contributed by atoms with Gasteiger partial charge in [-0.2, -0.15) is 0 Å². The lowest BCUT2D eigenvalue weighted by Crippen LogP contribution is -2.29. The highest BCUT2D eigenvalue weighted by atomic mass is 35.5. The second kappa shape index (κ2) is 7.62. The highest BCUT2D eigenvalue weighted by Crippen LogP contribution is 2.38. The van der Waals surface area contributed by atoms with Gasteiger partial charge in [-0.1, -0.05) is 24.6 Å². The van der Waals surface area contributed by atoms with Gasteiger partial charge >= 0.3 is 0 Å². The molecule has 1 aliphatic carbocycles. The van der Waals surface area contributed by atoms with Crippen LogP contribution in [0.3, 0.4) is 0 Å². The highest BCUT2D eigenvalue weighted by Gasteiger charge is 2.32. The molecular formula is C20H19ClN8O2. The molecule has 0 bridgehead atoms. The smallest absolute Gasteiger partial charge is 0.263 e. The summed E-state index contributed by atoms with van der Waals surface area (Å²) in [5.41, 5.74) is 6.90. The molecule has 1 aromatic carbocycles. The van der Waals surface area contributed by atoms with Crippen molar-refractivity contribution in [3.05, 3.63) is 52.1 Å². The van der Waals surface area contributed by atoms with Gasteiger partial charge in [0.2, 0.25) is 6.39 Å². The largest absolute Gasteiger partial charge is 0.423 e. The molecule has 1 aliphatic rings. The predicted molar refractivity (Wildman–Crippen MR) is 116 cm³/mol. The quantitative estimate of drug-likeness (QED) is 0.463. The summed E-state index contributed by atoms with van der Waals surface area (Å²) < 4.78 is 7.07. The number of aromatic nitrogens is 6. The lowest BCUT2D eigenvalue weighted by Gasteiger charge is -2.23. The Morgan fingerprint density at radius 3 is 2.90 bits per heavy atom. The summed E-state index contributed by atoms with van der Waals surface area (Å²) >= 11 is 6.33. The molecule has 3 aromatic heterocycles. The molecule has 0 saturated heterocycles. The minimum absolute atomic E-state index is 0.109. The second-order valence-electron chi connectivity index (χ2n) is 7.34. The molecule has 1 saturated carbocycles. The van der Waals surface area contributed by atoms with Gasteiger partial charge < -0.3 is 15.5 Å². The molecule has 31 heavy (non-hydrogen) atoms. The average molecular weight is 439 g/mol. The van der Waals surface area contributed by atoms with Crippen LogP contribution in [0.4, 0.5) is 11.6 Å². The lowest BCUT2D eigenvalue weighted by atomic mass is 10.1. The molecule has 1 fully saturated rings. The van der Waals surface area contributed by atoms with Gasteiger partial charge in [-0.15, -0.1) is 10.2 Å². The van der Waals surface area contributed by atoms with Crippen LogP contribution in [-0.4, -0.2) is 29.7 Å². The Morgan fingerprint density at radius 1 is 1.35 bits per heavy atom. The van der Waals surface area contributed by atoms with Gasteiger partial charge in [-0.05, 0) is 31.4 Å². The number of anilines is 2. The zero-order valence-electron chi connectivity index (χ0n) is 16.6. The summed E-state index contributed by atoms with van der Waals surface area (Å²) in [4.78, 5) is 26.6. The van der Waals surface area contributed by atoms with E-state index in [4.69, 9.17) is 26.7 Å². The summed E-state index contributed by atoms with van der Waals surface area (Å²) in [5.74, 6) is 1.45. The zero-order chi connectivity index (χ0) is 21.5. The van der Waals surface area contributed by atoms with Crippen LogP contribution in [-0.2, 0) is 0 Å². The van der Waals surface area contributed by atoms with Gasteiger partial charge in [-0.3, -0.25) is 9.36 Å². The molecule has 0 aliphatic heterocycles. The van der Waals surface area contributed by atoms with E-state index in [-0.39, 0.29) is 29.4 Å². The molecule has 3 N–H and O–H groups in total. The molecule has 0 spiro atoms. The number of fused-ring (bicyclic) bond motifs is 1. The van der Waals surface area contributed by atoms with E-state index in [0.29, 0.717) is 39.6 Å². The van der Waals surface area contributed by atoms with Crippen molar-refractivity contribution < 1.29 is 4.42 Å². The molecular weight excluding hydrogens is 420 g/mol. The number of rotatable bonds is 6. The molecule has 1 atom stereocenters. The first-order valence-electron chi connectivity index (χ1n) is 9.92. The molecule has 10 nitrogen and oxygen atoms in total. The fraction of sp³-hybridized carbons (Fsp3) is 0.300. The van der Waals surface area contributed by atoms with Crippen molar-refractivity contribution in [1.82, 2.24) is 29.7 Å². The van der Waals surface area contributed by atoms with Crippen molar-refractivity contribution in [2.75, 3.05) is 11.1 Å². The predicted octanol–water partition coefficient (Wildman–Crippen LogP) is 3.37. The Kier molecular flexibility index (Phi) is 4.78. The Bertz CT molecular complexity index is 1320. The maximum atomic E-state index is 13.4. The van der Waals surface area contributed by atoms with Crippen LogP contribution in [0, 0.1) is 0 Å². The molecule has 1 unspecified atom stereocenters. The van der Waals surface area contributed by atoms with Gasteiger partial charge in [0.1, 0.15) is 29.4 Å². The van der Waals surface area contributed by atoms with E-state index in [1.54, 1.807) is 22.8 Å². The van der Waals surface area contributed by atoms with Crippen molar-refractivity contribution in [3.63, 3.8) is 0 Å². The lowest BCUT2D eigenvalue weighted by molar-refractivity contribution is 0.566. The van der Waals surface area contributed by atoms with E-state index >= 15 is 0 Å². The second-order valence-corrected chi connectivity index (χ2v) is 7.75. The summed E-state index contributed by atoms with van der Waals surface area (Å²) in [6, 6.07) is 5.07. The molecule has 11 heteroatoms. The first kappa shape index (κ1) is 19.4. The van der Waals surface area contributed by atoms with E-state index in [1.807, 2.05) is 6.92 Å². The number of nitrogens with two attached hydrogens (primary N) is 1. The monoisotopic (exact) mass is 438 g/mol. The maximum absolute atomic E-state index is 13.4. The third kappa shape index (κ3) is 3.38. The first-order valence-corrected chi connectivity index (χ1v) is 10.3. The van der Waals surface area contributed by atoms with Crippen molar-refractivity contribution in [2.45, 2.75) is 38.3 Å². The number of halogens is 1. The average Bonchev–Trinajstić information content (AvgIpc) is 3.45. The van der Waals surface area contributed by atoms with Crippen LogP contribution in [0.15, 0.2) is 40.1 Å². The van der Waals surface area contributed by atoms with E-state index in [1.165, 1.54) is 12.7 Å². The van der Waals surface area contributed by atoms with E-state index < -0.39 is 0 Å². The number of hydrogen-bond donors (Lipinski definition) is 2. The van der Waals surface area contributed by atoms with E-state index in [0.717, 1.165) is 12.8 Å². The van der Waals surface area contributed by atoms with Gasteiger partial charge in [0.15, 0.2) is 0 Å². The number of benzene rings is 1. The molecule has 0 radical (unpaired) electrons. The Hall–Kier alpha value is -3.53. The number of hydrogen-bond acceptors (Lipinski definition) is 9. The third-order valence-corrected chi connectivity index (χ3v) is 5.61. The van der Waals surface area contributed by atoms with Gasteiger partial charge in [0, 0.05) is 6.04 Å². The summed E-state index contributed by atoms with van der Waals surface area (Å²) in [6.07, 6.45) is 5.05. The standard InChI is InChI=1S/C20H19ClN8O2/c1-2-12(26-17-15(16(22)23-8-24-17)19-28-25-9-31-19)18-27-13-5-3-4-11(21)14(13)20(30)29(18)10-6-7-10/h3-5,8-10,12H,2,6-7H2,1H3,(H3,22,23,24,26). The van der Waals surface area contributed by atoms with Gasteiger partial charge in [0.05, 0.1) is 22.0 Å². The first-order chi connectivity index (χ1) is 15.1. The van der Waals surface area contributed by atoms with Crippen molar-refractivity contribution in [1.29, 1.82) is 0 Å². The van der Waals surface area contributed by atoms with Crippen LogP contribution >= 0.6 is 11.6 Å². The van der Waals surface area contributed by atoms with Gasteiger partial charge in [-0.25, -0.2) is 15.0 Å². The zero-order valence-corrected chi connectivity index (χ0v) is 17.4. The van der Waals surface area contributed by atoms with Crippen LogP contribution in [0.5, 0.6) is 0 Å². The van der Waals surface area contributed by atoms with Gasteiger partial charge in [0.25, 0.3) is 11.4 Å². The van der Waals surface area contributed by atoms with Crippen LogP contribution in [0.1, 0.15) is 44.1 Å². The van der Waals surface area contributed by atoms with Crippen LogP contribution < -0.4 is 16.6 Å². The molecule has 3 heterocycles. The van der Waals surface area contributed by atoms with Crippen molar-refractivity contribution >= 4 is 34.1 Å². The fourth-order valence-electron chi connectivity index (χ4n) is 3.67. The molecule has 0 amide bonds. The Labute approximate surface area is 181 Å². The minimum atomic E-state index is -0.326. The Balaban J connectivity index is 1.65. The van der Waals surface area contributed by atoms with Crippen LogP contribution in [0.25, 0.3) is 22.4 Å². The normalized spacial score (nSPS) is 14.6. The SMILES string of the molecule is CCC(Nc1ncnc(N)c1-c1nnco1)c1nc2cccc(Cl)c2c(=O)n1C1CC1.